The van der Waals surface area contributed by atoms with E-state index in [-0.39, 0.29) is 42.0 Å². The maximum Gasteiger partial charge on any atom is 0.330 e. The van der Waals surface area contributed by atoms with E-state index in [9.17, 15) is 75.7 Å². The number of aliphatic hydroxyl groups is 8. The lowest BCUT2D eigenvalue weighted by Crippen LogP contribution is -2.65. The second kappa shape index (κ2) is 39.0. The van der Waals surface area contributed by atoms with Gasteiger partial charge in [-0.25, -0.2) is 4.79 Å². The predicted molar refractivity (Wildman–Crippen MR) is 437 cm³/mol. The number of fused-ring (bicyclic) bond motifs is 15. The smallest absolute Gasteiger partial charge is 0.330 e. The number of nitrogens with zero attached hydrogens (tertiary/aromatic N) is 1. The molecule has 14 rings (SSSR count). The molecule has 7 amide bonds. The summed E-state index contributed by atoms with van der Waals surface area (Å²) in [7, 11) is 1.46. The number of phenolic OH excluding ortho intramolecular Hbond substituents is 3. The number of aromatic hydroxyl groups is 3. The van der Waals surface area contributed by atoms with Crippen molar-refractivity contribution in [3.63, 3.8) is 0 Å². The van der Waals surface area contributed by atoms with Crippen LogP contribution in [-0.4, -0.2) is 258 Å². The van der Waals surface area contributed by atoms with E-state index in [1.165, 1.54) is 33.0 Å². The molecule has 670 valence electrons. The van der Waals surface area contributed by atoms with E-state index in [1.54, 1.807) is 0 Å². The van der Waals surface area contributed by atoms with Gasteiger partial charge < -0.3 is 158 Å². The van der Waals surface area contributed by atoms with Crippen molar-refractivity contribution in [1.29, 1.82) is 0 Å². The number of likely N-dealkylation sites (N-methyl/N-ethyl adjacent to an activating group) is 2. The first-order valence-electron chi connectivity index (χ1n) is 39.9. The number of nitrogens with one attached hydrogen (secondary N) is 8. The second-order valence-electron chi connectivity index (χ2n) is 32.0. The van der Waals surface area contributed by atoms with Gasteiger partial charge in [0.15, 0.2) is 30.1 Å². The first-order valence-corrected chi connectivity index (χ1v) is 40.7. The number of aliphatic hydroxyl groups excluding tert-OH is 8. The van der Waals surface area contributed by atoms with Crippen LogP contribution in [0, 0.1) is 12.8 Å². The van der Waals surface area contributed by atoms with Crippen LogP contribution in [0.3, 0.4) is 0 Å². The first-order chi connectivity index (χ1) is 58.8. The molecule has 11 bridgehead atoms. The number of carbonyl (C=O) groups is 8. The number of aryl methyl sites for hydroxylation is 1. The summed E-state index contributed by atoms with van der Waals surface area (Å²) in [5.74, 6) is -16.6. The number of aliphatic carboxylic acids is 1. The van der Waals surface area contributed by atoms with Crippen molar-refractivity contribution in [1.82, 2.24) is 42.5 Å². The highest BCUT2D eigenvalue weighted by Crippen LogP contribution is 2.50. The van der Waals surface area contributed by atoms with Crippen LogP contribution in [0.2, 0.25) is 10.0 Å². The zero-order valence-corrected chi connectivity index (χ0v) is 69.5. The van der Waals surface area contributed by atoms with E-state index >= 15 is 24.0 Å². The fourth-order valence-corrected chi connectivity index (χ4v) is 16.2. The summed E-state index contributed by atoms with van der Waals surface area (Å²) in [6, 6.07) is 6.93. The van der Waals surface area contributed by atoms with Crippen LogP contribution in [0.4, 0.5) is 5.69 Å². The Morgan fingerprint density at radius 3 is 1.95 bits per heavy atom. The fraction of sp³-hybridized carbons (Fsp3) is 0.470. The molecule has 0 aliphatic carbocycles. The Morgan fingerprint density at radius 1 is 0.685 bits per heavy atom. The van der Waals surface area contributed by atoms with Crippen LogP contribution in [-0.2, 0) is 62.0 Å². The molecule has 1 unspecified atom stereocenters. The lowest BCUT2D eigenvalue weighted by molar-refractivity contribution is -0.350. The van der Waals surface area contributed by atoms with Gasteiger partial charge in [-0.3, -0.25) is 33.6 Å². The van der Waals surface area contributed by atoms with Crippen LogP contribution in [0.15, 0.2) is 103 Å². The lowest BCUT2D eigenvalue weighted by atomic mass is 9.86. The number of primary amides is 1. The van der Waals surface area contributed by atoms with Crippen molar-refractivity contribution in [3.8, 4) is 57.1 Å². The molecule has 8 heterocycles. The maximum absolute atomic E-state index is 16.4. The molecular weight excluding hydrogens is 1670 g/mol. The Hall–Kier alpha value is -10.4. The van der Waals surface area contributed by atoms with E-state index in [0.29, 0.717) is 19.6 Å². The van der Waals surface area contributed by atoms with E-state index in [0.717, 1.165) is 78.0 Å². The Kier molecular flexibility index (Phi) is 29.2. The third-order valence-electron chi connectivity index (χ3n) is 22.3. The van der Waals surface area contributed by atoms with Gasteiger partial charge in [0, 0.05) is 66.6 Å². The largest absolute Gasteiger partial charge is 0.508 e. The van der Waals surface area contributed by atoms with Gasteiger partial charge in [0.1, 0.15) is 120 Å². The molecule has 124 heavy (non-hydrogen) atoms. The standard InChI is InChI=1S/C83H101Cl2N11O28/c1-8-96(40-11-9-10-34(4)21-40)19-18-89-31-54-65(103)66(104)68(106)81(120-54)124-72-55(32-97)121-82(69(107)67(72)105)123-71-52-25-39-26-53(71)119-51-17-14-38(24-45(51)85)70(122-57-30-83(6,87)73(108)35(5)117-57)63-79(114)93-61(80(115)116)43-27-41(98)28-49(100)58(43)42-22-36(12-15-48(42)99)59(76(111)95-63)92-77(112)60(39)91-75(110)47(29-56(86)101)90-78(113)62(94-74(109)46(88-7)20-33(2)3)64(102)37-13-16-50(118-52)44(84)23-37/h9-17,21-28,33,35,46-47,54-55,57,59-70,72-73,81-82,88-89,97-100,102-108H,8,18-20,29-32,87H2,1-7H3,(H2,86,101)(H,90,113)(H,91,110)(H,92,112)(H,93,114)(H,94,109)(H,95,111)(H,115,116)/t35-,46+,47+,54+,55+,57-,59+,60+,61+,62?,63-,64+,65-,66-,67+,68+,69+,70+,72+,73-,81-,82-,83-/m0/s1. The van der Waals surface area contributed by atoms with Gasteiger partial charge >= 0.3 is 5.97 Å². The van der Waals surface area contributed by atoms with Crippen molar-refractivity contribution in [2.24, 2.45) is 17.4 Å². The molecule has 3 fully saturated rings. The van der Waals surface area contributed by atoms with Gasteiger partial charge in [-0.1, -0.05) is 67.4 Å². The zero-order valence-electron chi connectivity index (χ0n) is 68.0. The lowest BCUT2D eigenvalue weighted by Gasteiger charge is -2.46. The quantitative estimate of drug-likeness (QED) is 0.0408. The van der Waals surface area contributed by atoms with Gasteiger partial charge in [0.05, 0.1) is 41.3 Å². The molecule has 23 atom stereocenters. The van der Waals surface area contributed by atoms with Gasteiger partial charge in [-0.05, 0) is 142 Å². The number of hydrogen-bond acceptors (Lipinski definition) is 31. The molecular formula is C83H101Cl2N11O28. The molecule has 0 saturated carbocycles. The predicted octanol–water partition coefficient (Wildman–Crippen LogP) is 0.363. The second-order valence-corrected chi connectivity index (χ2v) is 32.8. The number of carbonyl (C=O) groups excluding carboxylic acids is 7. The Bertz CT molecular complexity index is 4980. The number of carboxylic acid groups (broad SMARTS) is 1. The number of ether oxygens (including phenoxy) is 8. The number of rotatable bonds is 22. The van der Waals surface area contributed by atoms with Crippen LogP contribution >= 0.6 is 23.2 Å². The first kappa shape index (κ1) is 92.8. The Morgan fingerprint density at radius 2 is 1.32 bits per heavy atom. The number of carboxylic acids is 1. The summed E-state index contributed by atoms with van der Waals surface area (Å²) in [5.41, 5.74) is 10.0. The highest BCUT2D eigenvalue weighted by atomic mass is 35.5. The Balaban J connectivity index is 1.03. The Labute approximate surface area is 719 Å². The number of benzene rings is 6. The molecule has 0 spiro atoms. The molecule has 0 radical (unpaired) electrons. The minimum absolute atomic E-state index is 0.125. The van der Waals surface area contributed by atoms with Crippen LogP contribution in [0.1, 0.15) is 118 Å². The molecule has 3 saturated heterocycles. The van der Waals surface area contributed by atoms with Crippen LogP contribution < -0.4 is 73.1 Å². The van der Waals surface area contributed by atoms with Crippen molar-refractivity contribution in [2.75, 3.05) is 44.7 Å². The molecule has 39 nitrogen and oxygen atoms in total. The van der Waals surface area contributed by atoms with Crippen molar-refractivity contribution < 1.29 is 138 Å². The number of anilines is 1. The van der Waals surface area contributed by atoms with Crippen molar-refractivity contribution in [2.45, 2.75) is 201 Å². The molecule has 8 aliphatic heterocycles. The molecule has 41 heteroatoms. The van der Waals surface area contributed by atoms with Crippen molar-refractivity contribution >= 4 is 76.2 Å². The van der Waals surface area contributed by atoms with E-state index in [4.69, 9.17) is 72.6 Å². The number of phenols is 3. The maximum atomic E-state index is 16.4. The zero-order chi connectivity index (χ0) is 89.9. The summed E-state index contributed by atoms with van der Waals surface area (Å²) in [6.45, 7) is 10.7. The molecule has 6 aromatic carbocycles. The molecule has 6 aromatic rings. The normalized spacial score (nSPS) is 29.9. The highest BCUT2D eigenvalue weighted by molar-refractivity contribution is 6.32. The number of amides is 7. The fourth-order valence-electron chi connectivity index (χ4n) is 15.7. The summed E-state index contributed by atoms with van der Waals surface area (Å²) < 4.78 is 51.3. The van der Waals surface area contributed by atoms with Crippen molar-refractivity contribution in [3.05, 3.63) is 147 Å². The van der Waals surface area contributed by atoms with Crippen LogP contribution in [0.5, 0.6) is 46.0 Å². The van der Waals surface area contributed by atoms with E-state index in [1.807, 2.05) is 52.0 Å². The third-order valence-corrected chi connectivity index (χ3v) is 22.9. The summed E-state index contributed by atoms with van der Waals surface area (Å²) in [6.07, 6.45) is -28.9. The average molecular weight is 1770 g/mol. The molecule has 24 N–H and O–H groups in total. The highest BCUT2D eigenvalue weighted by Gasteiger charge is 2.53. The summed E-state index contributed by atoms with van der Waals surface area (Å²) >= 11 is 14.5. The van der Waals surface area contributed by atoms with Gasteiger partial charge in [0.25, 0.3) is 0 Å². The van der Waals surface area contributed by atoms with Gasteiger partial charge in [-0.15, -0.1) is 0 Å². The van der Waals surface area contributed by atoms with Gasteiger partial charge in [-0.2, -0.15) is 0 Å². The number of halogens is 2. The number of hydrogen-bond donors (Lipinski definition) is 22. The minimum atomic E-state index is -2.42. The van der Waals surface area contributed by atoms with E-state index in [2.05, 4.69) is 47.4 Å². The third kappa shape index (κ3) is 20.4. The average Bonchev–Trinajstić information content (AvgIpc) is 0.761. The number of nitrogens with two attached hydrogens (primary N) is 2. The molecule has 8 aliphatic rings. The summed E-state index contributed by atoms with van der Waals surface area (Å²) in [4.78, 5) is 122. The van der Waals surface area contributed by atoms with Gasteiger partial charge in [0.2, 0.25) is 53.4 Å². The monoisotopic (exact) mass is 1770 g/mol. The minimum Gasteiger partial charge on any atom is -0.508 e. The van der Waals surface area contributed by atoms with Crippen LogP contribution in [0.25, 0.3) is 11.1 Å². The summed E-state index contributed by atoms with van der Waals surface area (Å²) in [5, 5.41) is 159. The topological polar surface area (TPSA) is 605 Å². The van der Waals surface area contributed by atoms with E-state index < -0.39 is 279 Å². The molecule has 0 aromatic heterocycles. The SMILES string of the molecule is CCN(CCNC[C@H]1O[C@@H](O[C@H]2[C@H](O)[C@@H](O)[C@H](Oc3c4cc5cc3Oc3ccc(cc3Cl)[C@@H](O[C@H]3C[C@](C)(N)[C@@H](O)[C@H](C)O3)[C@@H]3NC(=O)[C@H](NC(=O)[C@@H]5NC(=O)[C@@H](CC(N)=O)NC(=O)C(NC(=O)[C@@H](CC(C)C)NC)[C@H](O)c5ccc(c(Cl)c5)O4)c4ccc(O)c(c4)-c4c(O)cc(O)cc4[C@H](C(=O)O)NC3=O)O[C@@H]2CO)[C@H](O)[C@@H](O)[C@H]1O)c1cccc(C)c1.